The number of carbonyl (C=O) groups is 1. The van der Waals surface area contributed by atoms with E-state index in [0.29, 0.717) is 11.0 Å². The molecule has 0 saturated carbocycles. The number of thioether (sulfide) groups is 1. The monoisotopic (exact) mass is 473 g/mol. The molecule has 1 fully saturated rings. The van der Waals surface area contributed by atoms with Crippen LogP contribution in [0.15, 0.2) is 84.3 Å². The Morgan fingerprint density at radius 3 is 2.29 bits per heavy atom. The molecule has 8 heteroatoms. The number of hydrogen-bond acceptors (Lipinski definition) is 5. The van der Waals surface area contributed by atoms with Crippen molar-refractivity contribution >= 4 is 17.7 Å². The normalized spacial score (nSPS) is 14.7. The van der Waals surface area contributed by atoms with E-state index >= 15 is 0 Å². The van der Waals surface area contributed by atoms with E-state index in [1.54, 1.807) is 24.5 Å². The lowest BCUT2D eigenvalue weighted by Crippen LogP contribution is -2.38. The Labute approximate surface area is 201 Å². The van der Waals surface area contributed by atoms with Gasteiger partial charge in [-0.05, 0) is 61.2 Å². The number of rotatable bonds is 6. The maximum Gasteiger partial charge on any atom is 0.240 e. The summed E-state index contributed by atoms with van der Waals surface area (Å²) in [6.45, 7) is 1.55. The Kier molecular flexibility index (Phi) is 6.67. The molecule has 4 aromatic rings. The Balaban J connectivity index is 1.57. The topological polar surface area (TPSA) is 63.9 Å². The predicted octanol–water partition coefficient (Wildman–Crippen LogP) is 5.31. The average Bonchev–Trinajstić information content (AvgIpc) is 3.32. The molecule has 1 aliphatic heterocycles. The third kappa shape index (κ3) is 4.72. The summed E-state index contributed by atoms with van der Waals surface area (Å²) in [5.41, 5.74) is 2.47. The lowest BCUT2D eigenvalue weighted by molar-refractivity contribution is -0.131. The van der Waals surface area contributed by atoms with Crippen LogP contribution in [0.25, 0.3) is 17.1 Å². The second-order valence-electron chi connectivity index (χ2n) is 8.15. The van der Waals surface area contributed by atoms with Gasteiger partial charge in [0.15, 0.2) is 11.0 Å². The van der Waals surface area contributed by atoms with Crippen LogP contribution >= 0.6 is 11.8 Å². The molecular weight excluding hydrogens is 449 g/mol. The first-order valence-electron chi connectivity index (χ1n) is 11.3. The molecule has 34 heavy (non-hydrogen) atoms. The number of hydrogen-bond donors (Lipinski definition) is 0. The molecule has 5 rings (SSSR count). The van der Waals surface area contributed by atoms with Gasteiger partial charge in [0.25, 0.3) is 0 Å². The third-order valence-corrected chi connectivity index (χ3v) is 7.06. The van der Waals surface area contributed by atoms with Crippen LogP contribution in [-0.2, 0) is 4.79 Å². The minimum absolute atomic E-state index is 0.0787. The van der Waals surface area contributed by atoms with E-state index in [-0.39, 0.29) is 11.7 Å². The standard InChI is InChI=1S/C26H24FN5OS/c27-21-9-11-22(12-10-21)32-24(20-13-15-28-16-14-20)29-30-26(32)34-23(19-7-3-1-4-8-19)25(33)31-17-5-2-6-18-31/h1,3-4,7-16,23H,2,5-6,17-18H2/t23-/m1/s1. The van der Waals surface area contributed by atoms with Gasteiger partial charge in [0.2, 0.25) is 5.91 Å². The number of amides is 1. The van der Waals surface area contributed by atoms with Gasteiger partial charge in [0, 0.05) is 36.7 Å². The lowest BCUT2D eigenvalue weighted by Gasteiger charge is -2.30. The molecule has 1 amide bonds. The Morgan fingerprint density at radius 1 is 0.882 bits per heavy atom. The summed E-state index contributed by atoms with van der Waals surface area (Å²) in [6, 6.07) is 19.7. The van der Waals surface area contributed by atoms with Gasteiger partial charge in [-0.15, -0.1) is 10.2 Å². The van der Waals surface area contributed by atoms with Crippen molar-refractivity contribution in [2.45, 2.75) is 29.7 Å². The van der Waals surface area contributed by atoms with E-state index in [0.717, 1.165) is 49.2 Å². The fraction of sp³-hybridized carbons (Fsp3) is 0.231. The van der Waals surface area contributed by atoms with Crippen molar-refractivity contribution in [3.8, 4) is 17.1 Å². The van der Waals surface area contributed by atoms with Crippen LogP contribution in [-0.4, -0.2) is 43.6 Å². The molecule has 1 atom stereocenters. The van der Waals surface area contributed by atoms with Crippen molar-refractivity contribution in [1.29, 1.82) is 0 Å². The molecule has 172 valence electrons. The summed E-state index contributed by atoms with van der Waals surface area (Å²) in [7, 11) is 0. The second-order valence-corrected chi connectivity index (χ2v) is 9.22. The van der Waals surface area contributed by atoms with Gasteiger partial charge in [-0.25, -0.2) is 4.39 Å². The summed E-state index contributed by atoms with van der Waals surface area (Å²) in [5, 5.41) is 9.03. The highest BCUT2D eigenvalue weighted by Crippen LogP contribution is 2.39. The van der Waals surface area contributed by atoms with Crippen LogP contribution in [0.4, 0.5) is 4.39 Å². The molecule has 1 saturated heterocycles. The number of pyridine rings is 1. The maximum atomic E-state index is 13.7. The largest absolute Gasteiger partial charge is 0.341 e. The van der Waals surface area contributed by atoms with Gasteiger partial charge in [-0.1, -0.05) is 42.1 Å². The van der Waals surface area contributed by atoms with Crippen molar-refractivity contribution in [2.75, 3.05) is 13.1 Å². The number of nitrogens with zero attached hydrogens (tertiary/aromatic N) is 5. The molecule has 3 heterocycles. The van der Waals surface area contributed by atoms with Crippen molar-refractivity contribution < 1.29 is 9.18 Å². The Bertz CT molecular complexity index is 1240. The highest BCUT2D eigenvalue weighted by atomic mass is 32.2. The Morgan fingerprint density at radius 2 is 1.59 bits per heavy atom. The van der Waals surface area contributed by atoms with Gasteiger partial charge >= 0.3 is 0 Å². The van der Waals surface area contributed by atoms with E-state index in [1.807, 2.05) is 51.9 Å². The fourth-order valence-electron chi connectivity index (χ4n) is 4.13. The molecule has 0 radical (unpaired) electrons. The molecule has 0 spiro atoms. The molecule has 2 aromatic carbocycles. The predicted molar refractivity (Wildman–Crippen MR) is 130 cm³/mol. The van der Waals surface area contributed by atoms with Crippen LogP contribution < -0.4 is 0 Å². The van der Waals surface area contributed by atoms with E-state index in [1.165, 1.54) is 23.9 Å². The summed E-state index contributed by atoms with van der Waals surface area (Å²) in [4.78, 5) is 19.7. The van der Waals surface area contributed by atoms with Crippen molar-refractivity contribution in [3.05, 3.63) is 90.5 Å². The van der Waals surface area contributed by atoms with Crippen molar-refractivity contribution in [2.24, 2.45) is 0 Å². The minimum atomic E-state index is -0.465. The number of carbonyl (C=O) groups excluding carboxylic acids is 1. The third-order valence-electron chi connectivity index (χ3n) is 5.87. The quantitative estimate of drug-likeness (QED) is 0.355. The second kappa shape index (κ2) is 10.2. The number of halogens is 1. The first-order chi connectivity index (χ1) is 16.7. The molecule has 0 N–H and O–H groups in total. The zero-order valence-electron chi connectivity index (χ0n) is 18.5. The number of benzene rings is 2. The van der Waals surface area contributed by atoms with Gasteiger partial charge in [-0.2, -0.15) is 0 Å². The summed E-state index contributed by atoms with van der Waals surface area (Å²) >= 11 is 1.37. The molecular formula is C26H24FN5OS. The molecule has 1 aliphatic rings. The van der Waals surface area contributed by atoms with Crippen LogP contribution in [0, 0.1) is 5.82 Å². The van der Waals surface area contributed by atoms with Crippen LogP contribution in [0.1, 0.15) is 30.1 Å². The zero-order chi connectivity index (χ0) is 23.3. The average molecular weight is 474 g/mol. The van der Waals surface area contributed by atoms with Gasteiger partial charge in [-0.3, -0.25) is 14.3 Å². The van der Waals surface area contributed by atoms with Crippen molar-refractivity contribution in [1.82, 2.24) is 24.6 Å². The molecule has 0 unspecified atom stereocenters. The Hall–Kier alpha value is -3.52. The van der Waals surface area contributed by atoms with Gasteiger partial charge < -0.3 is 4.90 Å². The summed E-state index contributed by atoms with van der Waals surface area (Å²) < 4.78 is 15.6. The highest BCUT2D eigenvalue weighted by Gasteiger charge is 2.30. The smallest absolute Gasteiger partial charge is 0.240 e. The first kappa shape index (κ1) is 22.3. The van der Waals surface area contributed by atoms with E-state index in [2.05, 4.69) is 15.2 Å². The number of likely N-dealkylation sites (tertiary alicyclic amines) is 1. The van der Waals surface area contributed by atoms with Crippen molar-refractivity contribution in [3.63, 3.8) is 0 Å². The van der Waals surface area contributed by atoms with Crippen LogP contribution in [0.2, 0.25) is 0 Å². The molecule has 0 aliphatic carbocycles. The van der Waals surface area contributed by atoms with Gasteiger partial charge in [0.05, 0.1) is 0 Å². The van der Waals surface area contributed by atoms with Gasteiger partial charge in [0.1, 0.15) is 11.1 Å². The molecule has 2 aromatic heterocycles. The zero-order valence-corrected chi connectivity index (χ0v) is 19.4. The fourth-order valence-corrected chi connectivity index (χ4v) is 5.27. The van der Waals surface area contributed by atoms with E-state index in [9.17, 15) is 9.18 Å². The van der Waals surface area contributed by atoms with Crippen LogP contribution in [0.3, 0.4) is 0 Å². The summed E-state index contributed by atoms with van der Waals surface area (Å²) in [6.07, 6.45) is 6.59. The molecule has 0 bridgehead atoms. The number of aromatic nitrogens is 4. The summed E-state index contributed by atoms with van der Waals surface area (Å²) in [5.74, 6) is 0.364. The van der Waals surface area contributed by atoms with E-state index < -0.39 is 5.25 Å². The highest BCUT2D eigenvalue weighted by molar-refractivity contribution is 8.00. The first-order valence-corrected chi connectivity index (χ1v) is 12.2. The van der Waals surface area contributed by atoms with Crippen LogP contribution in [0.5, 0.6) is 0 Å². The minimum Gasteiger partial charge on any atom is -0.341 e. The molecule has 6 nitrogen and oxygen atoms in total. The lowest BCUT2D eigenvalue weighted by atomic mass is 10.1. The maximum absolute atomic E-state index is 13.7. The SMILES string of the molecule is O=C([C@H](Sc1nnc(-c2ccncc2)n1-c1ccc(F)cc1)c1ccccc1)N1CCCCC1. The number of piperidine rings is 1. The van der Waals surface area contributed by atoms with E-state index in [4.69, 9.17) is 0 Å².